The van der Waals surface area contributed by atoms with Gasteiger partial charge in [-0.2, -0.15) is 0 Å². The highest BCUT2D eigenvalue weighted by Crippen LogP contribution is 2.08. The summed E-state index contributed by atoms with van der Waals surface area (Å²) < 4.78 is 15.2. The zero-order chi connectivity index (χ0) is 12.6. The summed E-state index contributed by atoms with van der Waals surface area (Å²) in [5, 5.41) is 3.07. The molecule has 0 rings (SSSR count). The molecule has 0 spiro atoms. The Morgan fingerprint density at radius 2 is 2.06 bits per heavy atom. The van der Waals surface area contributed by atoms with Gasteiger partial charge in [-0.1, -0.05) is 6.92 Å². The maximum Gasteiger partial charge on any atom is 0.328 e. The predicted octanol–water partition coefficient (Wildman–Crippen LogP) is 0.579. The van der Waals surface area contributed by atoms with Crippen molar-refractivity contribution in [3.8, 4) is 0 Å². The number of esters is 1. The lowest BCUT2D eigenvalue weighted by Crippen LogP contribution is -2.54. The Morgan fingerprint density at radius 3 is 2.50 bits per heavy atom. The monoisotopic (exact) mass is 233 g/mol. The van der Waals surface area contributed by atoms with Crippen molar-refractivity contribution in [1.29, 1.82) is 0 Å². The van der Waals surface area contributed by atoms with Gasteiger partial charge < -0.3 is 19.5 Å². The summed E-state index contributed by atoms with van der Waals surface area (Å²) in [6.07, 6.45) is -0.0485. The second-order valence-corrected chi connectivity index (χ2v) is 3.93. The van der Waals surface area contributed by atoms with Crippen LogP contribution in [0.25, 0.3) is 0 Å². The van der Waals surface area contributed by atoms with Crippen molar-refractivity contribution < 1.29 is 19.0 Å². The van der Waals surface area contributed by atoms with Crippen LogP contribution in [0.3, 0.4) is 0 Å². The van der Waals surface area contributed by atoms with Crippen LogP contribution in [-0.2, 0) is 19.0 Å². The average Bonchev–Trinajstić information content (AvgIpc) is 2.26. The molecule has 0 saturated heterocycles. The van der Waals surface area contributed by atoms with Crippen LogP contribution in [0.5, 0.6) is 0 Å². The lowest BCUT2D eigenvalue weighted by molar-refractivity contribution is -0.152. The second kappa shape index (κ2) is 7.60. The summed E-state index contributed by atoms with van der Waals surface area (Å²) in [5.74, 6) is -0.320. The van der Waals surface area contributed by atoms with E-state index < -0.39 is 5.54 Å². The van der Waals surface area contributed by atoms with Crippen LogP contribution in [-0.4, -0.2) is 51.6 Å². The number of carbonyl (C=O) groups is 1. The summed E-state index contributed by atoms with van der Waals surface area (Å²) in [6, 6.07) is 0. The summed E-state index contributed by atoms with van der Waals surface area (Å²) in [7, 11) is 2.99. The first-order valence-corrected chi connectivity index (χ1v) is 5.44. The summed E-state index contributed by atoms with van der Waals surface area (Å²) >= 11 is 0. The van der Waals surface area contributed by atoms with Crippen LogP contribution in [0.1, 0.15) is 20.8 Å². The van der Waals surface area contributed by atoms with Crippen molar-refractivity contribution in [2.75, 3.05) is 34.0 Å². The molecule has 0 fully saturated rings. The molecule has 2 unspecified atom stereocenters. The predicted molar refractivity (Wildman–Crippen MR) is 61.4 cm³/mol. The molecule has 0 bridgehead atoms. The van der Waals surface area contributed by atoms with E-state index in [-0.39, 0.29) is 18.7 Å². The van der Waals surface area contributed by atoms with Crippen molar-refractivity contribution >= 4 is 5.97 Å². The first kappa shape index (κ1) is 15.3. The van der Waals surface area contributed by atoms with Crippen molar-refractivity contribution in [2.24, 2.45) is 0 Å². The van der Waals surface area contributed by atoms with E-state index in [4.69, 9.17) is 14.2 Å². The molecule has 5 heteroatoms. The highest BCUT2D eigenvalue weighted by molar-refractivity contribution is 5.80. The number of hydrogen-bond donors (Lipinski definition) is 1. The first-order valence-electron chi connectivity index (χ1n) is 5.44. The fourth-order valence-corrected chi connectivity index (χ4v) is 1.39. The maximum atomic E-state index is 11.6. The van der Waals surface area contributed by atoms with Gasteiger partial charge in [-0.05, 0) is 20.4 Å². The van der Waals surface area contributed by atoms with Crippen LogP contribution in [0, 0.1) is 0 Å². The van der Waals surface area contributed by atoms with Crippen LogP contribution in [0.2, 0.25) is 0 Å². The SMILES string of the molecule is CCNC(C)(COC(C)COC)C(=O)OC. The van der Waals surface area contributed by atoms with E-state index in [1.807, 2.05) is 13.8 Å². The number of methoxy groups -OCH3 is 2. The minimum atomic E-state index is -0.800. The number of ether oxygens (including phenoxy) is 3. The highest BCUT2D eigenvalue weighted by Gasteiger charge is 2.34. The first-order chi connectivity index (χ1) is 7.50. The van der Waals surface area contributed by atoms with E-state index in [1.54, 1.807) is 14.0 Å². The van der Waals surface area contributed by atoms with E-state index in [1.165, 1.54) is 7.11 Å². The average molecular weight is 233 g/mol. The van der Waals surface area contributed by atoms with E-state index in [0.717, 1.165) is 0 Å². The molecule has 0 aliphatic carbocycles. The molecular weight excluding hydrogens is 210 g/mol. The largest absolute Gasteiger partial charge is 0.468 e. The molecule has 16 heavy (non-hydrogen) atoms. The Labute approximate surface area is 97.4 Å². The maximum absolute atomic E-state index is 11.6. The minimum Gasteiger partial charge on any atom is -0.468 e. The van der Waals surface area contributed by atoms with Gasteiger partial charge in [-0.15, -0.1) is 0 Å². The van der Waals surface area contributed by atoms with Crippen LogP contribution < -0.4 is 5.32 Å². The molecule has 0 radical (unpaired) electrons. The van der Waals surface area contributed by atoms with Crippen molar-refractivity contribution in [3.05, 3.63) is 0 Å². The van der Waals surface area contributed by atoms with Gasteiger partial charge in [0, 0.05) is 7.11 Å². The summed E-state index contributed by atoms with van der Waals surface area (Å²) in [4.78, 5) is 11.6. The van der Waals surface area contributed by atoms with Gasteiger partial charge in [0.15, 0.2) is 0 Å². The fraction of sp³-hybridized carbons (Fsp3) is 0.909. The van der Waals surface area contributed by atoms with Crippen molar-refractivity contribution in [2.45, 2.75) is 32.4 Å². The summed E-state index contributed by atoms with van der Waals surface area (Å²) in [6.45, 7) is 7.03. The molecule has 0 heterocycles. The molecule has 0 amide bonds. The number of hydrogen-bond acceptors (Lipinski definition) is 5. The van der Waals surface area contributed by atoms with Crippen molar-refractivity contribution in [1.82, 2.24) is 5.32 Å². The zero-order valence-electron chi connectivity index (χ0n) is 10.8. The quantitative estimate of drug-likeness (QED) is 0.621. The van der Waals surface area contributed by atoms with Gasteiger partial charge in [0.2, 0.25) is 0 Å². The van der Waals surface area contributed by atoms with Crippen LogP contribution in [0.15, 0.2) is 0 Å². The normalized spacial score (nSPS) is 16.6. The van der Waals surface area contributed by atoms with Gasteiger partial charge >= 0.3 is 5.97 Å². The third-order valence-corrected chi connectivity index (χ3v) is 2.26. The summed E-state index contributed by atoms with van der Waals surface area (Å²) in [5.41, 5.74) is -0.800. The molecule has 2 atom stereocenters. The molecule has 0 aliphatic heterocycles. The fourth-order valence-electron chi connectivity index (χ4n) is 1.39. The molecule has 0 aromatic carbocycles. The van der Waals surface area contributed by atoms with Gasteiger partial charge in [-0.25, -0.2) is 4.79 Å². The Kier molecular flexibility index (Phi) is 7.29. The minimum absolute atomic E-state index is 0.0485. The number of nitrogens with one attached hydrogen (secondary N) is 1. The van der Waals surface area contributed by atoms with E-state index in [2.05, 4.69) is 5.32 Å². The van der Waals surface area contributed by atoms with E-state index >= 15 is 0 Å². The van der Waals surface area contributed by atoms with Crippen LogP contribution >= 0.6 is 0 Å². The molecule has 5 nitrogen and oxygen atoms in total. The van der Waals surface area contributed by atoms with Gasteiger partial charge in [0.1, 0.15) is 5.54 Å². The standard InChI is InChI=1S/C11H23NO4/c1-6-12-11(3,10(13)15-5)8-16-9(2)7-14-4/h9,12H,6-8H2,1-5H3. The van der Waals surface area contributed by atoms with Gasteiger partial charge in [0.25, 0.3) is 0 Å². The number of likely N-dealkylation sites (N-methyl/N-ethyl adjacent to an activating group) is 1. The smallest absolute Gasteiger partial charge is 0.328 e. The zero-order valence-corrected chi connectivity index (χ0v) is 10.8. The molecule has 0 saturated carbocycles. The molecule has 96 valence electrons. The van der Waals surface area contributed by atoms with E-state index in [0.29, 0.717) is 13.2 Å². The molecule has 0 aromatic rings. The lowest BCUT2D eigenvalue weighted by atomic mass is 10.0. The topological polar surface area (TPSA) is 56.8 Å². The molecule has 1 N–H and O–H groups in total. The second-order valence-electron chi connectivity index (χ2n) is 3.93. The molecule has 0 aliphatic rings. The third-order valence-electron chi connectivity index (χ3n) is 2.26. The van der Waals surface area contributed by atoms with Crippen molar-refractivity contribution in [3.63, 3.8) is 0 Å². The number of rotatable bonds is 8. The Hall–Kier alpha value is -0.650. The number of carbonyl (C=O) groups excluding carboxylic acids is 1. The Bertz CT molecular complexity index is 210. The van der Waals surface area contributed by atoms with Gasteiger partial charge in [-0.3, -0.25) is 0 Å². The van der Waals surface area contributed by atoms with E-state index in [9.17, 15) is 4.79 Å². The third kappa shape index (κ3) is 4.92. The Balaban J connectivity index is 4.27. The lowest BCUT2D eigenvalue weighted by Gasteiger charge is -2.28. The van der Waals surface area contributed by atoms with Gasteiger partial charge in [0.05, 0.1) is 26.4 Å². The molecular formula is C11H23NO4. The highest BCUT2D eigenvalue weighted by atomic mass is 16.5. The van der Waals surface area contributed by atoms with Crippen LogP contribution in [0.4, 0.5) is 0 Å². The Morgan fingerprint density at radius 1 is 1.44 bits per heavy atom. The molecule has 0 aromatic heterocycles.